The van der Waals surface area contributed by atoms with E-state index in [1.807, 2.05) is 29.2 Å². The van der Waals surface area contributed by atoms with Gasteiger partial charge in [-0.05, 0) is 42.0 Å². The summed E-state index contributed by atoms with van der Waals surface area (Å²) >= 11 is 0. The summed E-state index contributed by atoms with van der Waals surface area (Å²) in [6.07, 6.45) is 0.801. The second-order valence-corrected chi connectivity index (χ2v) is 5.72. The molecule has 1 amide bonds. The van der Waals surface area contributed by atoms with E-state index >= 15 is 0 Å². The first-order chi connectivity index (χ1) is 11.8. The predicted octanol–water partition coefficient (Wildman–Crippen LogP) is 2.12. The molecule has 2 aromatic rings. The van der Waals surface area contributed by atoms with E-state index in [2.05, 4.69) is 5.32 Å². The van der Waals surface area contributed by atoms with Crippen molar-refractivity contribution < 1.29 is 14.3 Å². The van der Waals surface area contributed by atoms with Crippen LogP contribution in [-0.4, -0.2) is 43.3 Å². The maximum Gasteiger partial charge on any atom is 0.253 e. The number of ether oxygens (including phenoxy) is 1. The van der Waals surface area contributed by atoms with Crippen LogP contribution in [-0.2, 0) is 6.61 Å². The van der Waals surface area contributed by atoms with Gasteiger partial charge in [0, 0.05) is 37.3 Å². The van der Waals surface area contributed by atoms with Crippen molar-refractivity contribution >= 4 is 12.2 Å². The van der Waals surface area contributed by atoms with Gasteiger partial charge < -0.3 is 15.0 Å². The van der Waals surface area contributed by atoms with Gasteiger partial charge in [-0.25, -0.2) is 0 Å². The van der Waals surface area contributed by atoms with E-state index in [1.165, 1.54) is 0 Å². The van der Waals surface area contributed by atoms with E-state index in [9.17, 15) is 9.59 Å². The average molecular weight is 324 g/mol. The molecule has 5 nitrogen and oxygen atoms in total. The van der Waals surface area contributed by atoms with Gasteiger partial charge >= 0.3 is 0 Å². The molecule has 3 rings (SSSR count). The SMILES string of the molecule is O=Cc1ccc(OCc2cccc(C(=O)N3CCNCC3)c2)cc1. The summed E-state index contributed by atoms with van der Waals surface area (Å²) < 4.78 is 5.72. The molecule has 0 spiro atoms. The standard InChI is InChI=1S/C19H20N2O3/c22-13-15-4-6-18(7-5-15)24-14-16-2-1-3-17(12-16)19(23)21-10-8-20-9-11-21/h1-7,12-13,20H,8-11,14H2. The molecule has 24 heavy (non-hydrogen) atoms. The first kappa shape index (κ1) is 16.2. The molecule has 0 bridgehead atoms. The van der Waals surface area contributed by atoms with Crippen molar-refractivity contribution in [1.82, 2.24) is 10.2 Å². The molecule has 1 fully saturated rings. The smallest absolute Gasteiger partial charge is 0.253 e. The van der Waals surface area contributed by atoms with Crippen LogP contribution in [0.4, 0.5) is 0 Å². The lowest BCUT2D eigenvalue weighted by Gasteiger charge is -2.27. The summed E-state index contributed by atoms with van der Waals surface area (Å²) in [6, 6.07) is 14.5. The van der Waals surface area contributed by atoms with Gasteiger partial charge in [0.25, 0.3) is 5.91 Å². The highest BCUT2D eigenvalue weighted by atomic mass is 16.5. The summed E-state index contributed by atoms with van der Waals surface area (Å²) in [5.41, 5.74) is 2.25. The summed E-state index contributed by atoms with van der Waals surface area (Å²) in [5.74, 6) is 0.758. The monoisotopic (exact) mass is 324 g/mol. The Morgan fingerprint density at radius 2 is 1.88 bits per heavy atom. The molecule has 0 aliphatic carbocycles. The van der Waals surface area contributed by atoms with E-state index in [4.69, 9.17) is 4.74 Å². The molecule has 0 saturated carbocycles. The number of carbonyl (C=O) groups excluding carboxylic acids is 2. The minimum Gasteiger partial charge on any atom is -0.489 e. The number of hydrogen-bond donors (Lipinski definition) is 1. The molecule has 1 aliphatic rings. The van der Waals surface area contributed by atoms with Crippen molar-refractivity contribution in [3.63, 3.8) is 0 Å². The highest BCUT2D eigenvalue weighted by Gasteiger charge is 2.17. The van der Waals surface area contributed by atoms with Crippen molar-refractivity contribution in [2.24, 2.45) is 0 Å². The van der Waals surface area contributed by atoms with Gasteiger partial charge in [-0.15, -0.1) is 0 Å². The average Bonchev–Trinajstić information content (AvgIpc) is 2.67. The molecular weight excluding hydrogens is 304 g/mol. The van der Waals surface area contributed by atoms with Crippen molar-refractivity contribution in [3.05, 3.63) is 65.2 Å². The van der Waals surface area contributed by atoms with Crippen LogP contribution in [0.2, 0.25) is 0 Å². The molecule has 0 unspecified atom stereocenters. The van der Waals surface area contributed by atoms with Crippen molar-refractivity contribution in [2.75, 3.05) is 26.2 Å². The van der Waals surface area contributed by atoms with Crippen LogP contribution in [0.3, 0.4) is 0 Å². The maximum atomic E-state index is 12.5. The Morgan fingerprint density at radius 3 is 2.58 bits per heavy atom. The van der Waals surface area contributed by atoms with Crippen LogP contribution in [0.5, 0.6) is 5.75 Å². The molecule has 2 aromatic carbocycles. The molecule has 1 saturated heterocycles. The summed E-state index contributed by atoms with van der Waals surface area (Å²) in [6.45, 7) is 3.53. The number of carbonyl (C=O) groups is 2. The number of aldehydes is 1. The van der Waals surface area contributed by atoms with Crippen molar-refractivity contribution in [3.8, 4) is 5.75 Å². The molecule has 0 aromatic heterocycles. The normalized spacial score (nSPS) is 14.2. The van der Waals surface area contributed by atoms with Gasteiger partial charge in [0.15, 0.2) is 0 Å². The third-order valence-electron chi connectivity index (χ3n) is 4.00. The van der Waals surface area contributed by atoms with Crippen LogP contribution in [0.15, 0.2) is 48.5 Å². The number of benzene rings is 2. The lowest BCUT2D eigenvalue weighted by molar-refractivity contribution is 0.0735. The highest BCUT2D eigenvalue weighted by Crippen LogP contribution is 2.15. The van der Waals surface area contributed by atoms with E-state index in [0.29, 0.717) is 23.5 Å². The second-order valence-electron chi connectivity index (χ2n) is 5.72. The first-order valence-corrected chi connectivity index (χ1v) is 8.03. The van der Waals surface area contributed by atoms with Gasteiger partial charge in [0.1, 0.15) is 18.6 Å². The molecule has 124 valence electrons. The molecule has 1 N–H and O–H groups in total. The highest BCUT2D eigenvalue weighted by molar-refractivity contribution is 5.94. The summed E-state index contributed by atoms with van der Waals surface area (Å²) in [5, 5.41) is 3.24. The van der Waals surface area contributed by atoms with Crippen LogP contribution < -0.4 is 10.1 Å². The van der Waals surface area contributed by atoms with E-state index in [0.717, 1.165) is 38.0 Å². The van der Waals surface area contributed by atoms with Crippen LogP contribution >= 0.6 is 0 Å². The van der Waals surface area contributed by atoms with Crippen LogP contribution in [0, 0.1) is 0 Å². The van der Waals surface area contributed by atoms with Gasteiger partial charge in [-0.2, -0.15) is 0 Å². The molecular formula is C19H20N2O3. The molecule has 0 atom stereocenters. The molecule has 1 heterocycles. The molecule has 1 aliphatic heterocycles. The lowest BCUT2D eigenvalue weighted by Crippen LogP contribution is -2.46. The number of piperazine rings is 1. The minimum atomic E-state index is 0.0636. The fourth-order valence-corrected chi connectivity index (χ4v) is 2.65. The number of nitrogens with one attached hydrogen (secondary N) is 1. The number of rotatable bonds is 5. The Bertz CT molecular complexity index is 707. The lowest BCUT2D eigenvalue weighted by atomic mass is 10.1. The second kappa shape index (κ2) is 7.75. The van der Waals surface area contributed by atoms with Crippen molar-refractivity contribution in [1.29, 1.82) is 0 Å². The van der Waals surface area contributed by atoms with E-state index < -0.39 is 0 Å². The Labute approximate surface area is 141 Å². The van der Waals surface area contributed by atoms with E-state index in [-0.39, 0.29) is 5.91 Å². The molecule has 0 radical (unpaired) electrons. The third-order valence-corrected chi connectivity index (χ3v) is 4.00. The minimum absolute atomic E-state index is 0.0636. The summed E-state index contributed by atoms with van der Waals surface area (Å²) in [4.78, 5) is 25.0. The van der Waals surface area contributed by atoms with Crippen LogP contribution in [0.1, 0.15) is 26.3 Å². The molecule has 5 heteroatoms. The fourth-order valence-electron chi connectivity index (χ4n) is 2.65. The van der Waals surface area contributed by atoms with Crippen molar-refractivity contribution in [2.45, 2.75) is 6.61 Å². The number of amides is 1. The topological polar surface area (TPSA) is 58.6 Å². The fraction of sp³-hybridized carbons (Fsp3) is 0.263. The van der Waals surface area contributed by atoms with Crippen LogP contribution in [0.25, 0.3) is 0 Å². The Hall–Kier alpha value is -2.66. The largest absolute Gasteiger partial charge is 0.489 e. The van der Waals surface area contributed by atoms with Gasteiger partial charge in [-0.1, -0.05) is 12.1 Å². The van der Waals surface area contributed by atoms with Gasteiger partial charge in [-0.3, -0.25) is 9.59 Å². The third kappa shape index (κ3) is 4.00. The summed E-state index contributed by atoms with van der Waals surface area (Å²) in [7, 11) is 0. The zero-order chi connectivity index (χ0) is 16.8. The predicted molar refractivity (Wildman–Crippen MR) is 91.4 cm³/mol. The zero-order valence-electron chi connectivity index (χ0n) is 13.4. The quantitative estimate of drug-likeness (QED) is 0.856. The number of nitrogens with zero attached hydrogens (tertiary/aromatic N) is 1. The van der Waals surface area contributed by atoms with Gasteiger partial charge in [0.05, 0.1) is 0 Å². The first-order valence-electron chi connectivity index (χ1n) is 8.03. The van der Waals surface area contributed by atoms with E-state index in [1.54, 1.807) is 24.3 Å². The maximum absolute atomic E-state index is 12.5. The number of hydrogen-bond acceptors (Lipinski definition) is 4. The Kier molecular flexibility index (Phi) is 5.23. The zero-order valence-corrected chi connectivity index (χ0v) is 13.4. The van der Waals surface area contributed by atoms with Gasteiger partial charge in [0.2, 0.25) is 0 Å². The Morgan fingerprint density at radius 1 is 1.12 bits per heavy atom. The Balaban J connectivity index is 1.63.